The number of carbonyl (C=O) groups excluding carboxylic acids is 1. The number of hydrazone groups is 1. The highest BCUT2D eigenvalue weighted by Crippen LogP contribution is 2.30. The Kier molecular flexibility index (Phi) is 2.63. The van der Waals surface area contributed by atoms with Crippen LogP contribution in [0.1, 0.15) is 29.4 Å². The summed E-state index contributed by atoms with van der Waals surface area (Å²) < 4.78 is 0. The predicted molar refractivity (Wildman–Crippen MR) is 57.6 cm³/mol. The van der Waals surface area contributed by atoms with Gasteiger partial charge in [-0.1, -0.05) is 6.07 Å². The molecule has 0 spiro atoms. The average molecular weight is 208 g/mol. The Morgan fingerprint density at radius 1 is 1.64 bits per heavy atom. The first-order valence-electron chi connectivity index (χ1n) is 4.65. The Hall–Kier alpha value is -1.16. The van der Waals surface area contributed by atoms with Crippen molar-refractivity contribution in [2.75, 3.05) is 0 Å². The molecule has 0 bridgehead atoms. The highest BCUT2D eigenvalue weighted by Gasteiger charge is 2.24. The van der Waals surface area contributed by atoms with E-state index in [0.717, 1.165) is 5.71 Å². The number of rotatable bonds is 3. The van der Waals surface area contributed by atoms with Crippen LogP contribution in [0.4, 0.5) is 0 Å². The molecule has 0 radical (unpaired) electrons. The third kappa shape index (κ3) is 2.20. The van der Waals surface area contributed by atoms with Crippen molar-refractivity contribution in [3.63, 3.8) is 0 Å². The molecular weight excluding hydrogens is 196 g/mol. The Bertz CT molecular complexity index is 352. The summed E-state index contributed by atoms with van der Waals surface area (Å²) in [5.74, 6) is 0.499. The highest BCUT2D eigenvalue weighted by molar-refractivity contribution is 7.12. The minimum absolute atomic E-state index is 0.111. The van der Waals surface area contributed by atoms with Gasteiger partial charge in [0.15, 0.2) is 0 Å². The topological polar surface area (TPSA) is 41.5 Å². The van der Waals surface area contributed by atoms with Gasteiger partial charge >= 0.3 is 0 Å². The van der Waals surface area contributed by atoms with Gasteiger partial charge in [0.2, 0.25) is 0 Å². The lowest BCUT2D eigenvalue weighted by Gasteiger charge is -1.98. The summed E-state index contributed by atoms with van der Waals surface area (Å²) in [7, 11) is 0. The fourth-order valence-corrected chi connectivity index (χ4v) is 1.81. The first kappa shape index (κ1) is 9.40. The maximum absolute atomic E-state index is 11.4. The first-order chi connectivity index (χ1) is 6.77. The molecule has 2 rings (SSSR count). The van der Waals surface area contributed by atoms with E-state index in [1.165, 1.54) is 24.2 Å². The summed E-state index contributed by atoms with van der Waals surface area (Å²) in [5.41, 5.74) is 3.60. The number of hydrogen-bond donors (Lipinski definition) is 1. The second-order valence-corrected chi connectivity index (χ2v) is 4.39. The molecule has 0 aliphatic heterocycles. The number of hydrogen-bond acceptors (Lipinski definition) is 3. The zero-order chi connectivity index (χ0) is 9.97. The van der Waals surface area contributed by atoms with Gasteiger partial charge in [0, 0.05) is 5.71 Å². The van der Waals surface area contributed by atoms with Crippen LogP contribution >= 0.6 is 11.3 Å². The summed E-state index contributed by atoms with van der Waals surface area (Å²) in [4.78, 5) is 12.2. The van der Waals surface area contributed by atoms with Crippen LogP contribution in [0.25, 0.3) is 0 Å². The van der Waals surface area contributed by atoms with Gasteiger partial charge in [-0.15, -0.1) is 11.3 Å². The number of thiophene rings is 1. The van der Waals surface area contributed by atoms with Gasteiger partial charge in [-0.3, -0.25) is 4.79 Å². The van der Waals surface area contributed by atoms with E-state index in [1.54, 1.807) is 6.07 Å². The van der Waals surface area contributed by atoms with E-state index >= 15 is 0 Å². The van der Waals surface area contributed by atoms with Gasteiger partial charge in [0.05, 0.1) is 4.88 Å². The lowest BCUT2D eigenvalue weighted by Crippen LogP contribution is -2.18. The van der Waals surface area contributed by atoms with E-state index in [9.17, 15) is 4.79 Å². The van der Waals surface area contributed by atoms with Crippen LogP contribution in [0.3, 0.4) is 0 Å². The first-order valence-corrected chi connectivity index (χ1v) is 5.53. The highest BCUT2D eigenvalue weighted by atomic mass is 32.1. The van der Waals surface area contributed by atoms with Gasteiger partial charge in [0.1, 0.15) is 0 Å². The molecule has 1 amide bonds. The maximum Gasteiger partial charge on any atom is 0.281 e. The Balaban J connectivity index is 1.91. The second-order valence-electron chi connectivity index (χ2n) is 3.45. The third-order valence-electron chi connectivity index (χ3n) is 2.25. The van der Waals surface area contributed by atoms with Crippen LogP contribution in [-0.2, 0) is 0 Å². The standard InChI is InChI=1S/C10H12N2OS/c1-7(8-4-5-8)11-12-10(13)9-3-2-6-14-9/h2-3,6,8H,4-5H2,1H3,(H,12,13)/b11-7-. The van der Waals surface area contributed by atoms with Crippen LogP contribution in [0.2, 0.25) is 0 Å². The SMILES string of the molecule is C/C(=N/NC(=O)c1cccs1)C1CC1. The van der Waals surface area contributed by atoms with Crippen LogP contribution in [0.15, 0.2) is 22.6 Å². The quantitative estimate of drug-likeness (QED) is 0.601. The number of amides is 1. The molecule has 1 aromatic heterocycles. The summed E-state index contributed by atoms with van der Waals surface area (Å²) in [6, 6.07) is 3.65. The predicted octanol–water partition coefficient (Wildman–Crippen LogP) is 2.26. The fraction of sp³-hybridized carbons (Fsp3) is 0.400. The van der Waals surface area contributed by atoms with Crippen molar-refractivity contribution in [2.24, 2.45) is 11.0 Å². The largest absolute Gasteiger partial charge is 0.281 e. The zero-order valence-electron chi connectivity index (χ0n) is 7.99. The third-order valence-corrected chi connectivity index (χ3v) is 3.12. The monoisotopic (exact) mass is 208 g/mol. The number of carbonyl (C=O) groups is 1. The molecule has 1 saturated carbocycles. The molecule has 4 heteroatoms. The summed E-state index contributed by atoms with van der Waals surface area (Å²) in [6.07, 6.45) is 2.43. The van der Waals surface area contributed by atoms with E-state index in [4.69, 9.17) is 0 Å². The van der Waals surface area contributed by atoms with Crippen LogP contribution in [0.5, 0.6) is 0 Å². The van der Waals surface area contributed by atoms with Gasteiger partial charge in [-0.2, -0.15) is 5.10 Å². The summed E-state index contributed by atoms with van der Waals surface area (Å²) in [5, 5.41) is 5.95. The molecule has 1 aromatic rings. The molecule has 1 aliphatic carbocycles. The van der Waals surface area contributed by atoms with E-state index in [-0.39, 0.29) is 5.91 Å². The lowest BCUT2D eigenvalue weighted by molar-refractivity contribution is 0.0958. The van der Waals surface area contributed by atoms with Crippen LogP contribution in [-0.4, -0.2) is 11.6 Å². The molecule has 0 saturated heterocycles. The molecular formula is C10H12N2OS. The Labute approximate surface area is 86.8 Å². The van der Waals surface area contributed by atoms with Gasteiger partial charge < -0.3 is 0 Å². The zero-order valence-corrected chi connectivity index (χ0v) is 8.80. The number of nitrogens with one attached hydrogen (secondary N) is 1. The van der Waals surface area contributed by atoms with Crippen molar-refractivity contribution in [1.82, 2.24) is 5.43 Å². The molecule has 0 aromatic carbocycles. The molecule has 1 aliphatic rings. The fourth-order valence-electron chi connectivity index (χ4n) is 1.19. The maximum atomic E-state index is 11.4. The van der Waals surface area contributed by atoms with Crippen LogP contribution < -0.4 is 5.43 Å². The van der Waals surface area contributed by atoms with Crippen LogP contribution in [0, 0.1) is 5.92 Å². The van der Waals surface area contributed by atoms with E-state index in [0.29, 0.717) is 10.8 Å². The molecule has 74 valence electrons. The van der Waals surface area contributed by atoms with Gasteiger partial charge in [-0.05, 0) is 37.1 Å². The minimum Gasteiger partial charge on any atom is -0.266 e. The van der Waals surface area contributed by atoms with E-state index in [2.05, 4.69) is 10.5 Å². The molecule has 0 atom stereocenters. The minimum atomic E-state index is -0.111. The van der Waals surface area contributed by atoms with Crippen molar-refractivity contribution < 1.29 is 4.79 Å². The second kappa shape index (κ2) is 3.92. The molecule has 14 heavy (non-hydrogen) atoms. The lowest BCUT2D eigenvalue weighted by atomic mass is 10.3. The molecule has 0 unspecified atom stereocenters. The van der Waals surface area contributed by atoms with Gasteiger partial charge in [0.25, 0.3) is 5.91 Å². The summed E-state index contributed by atoms with van der Waals surface area (Å²) >= 11 is 1.43. The molecule has 1 fully saturated rings. The average Bonchev–Trinajstić information content (AvgIpc) is 2.90. The van der Waals surface area contributed by atoms with Gasteiger partial charge in [-0.25, -0.2) is 5.43 Å². The van der Waals surface area contributed by atoms with E-state index < -0.39 is 0 Å². The van der Waals surface area contributed by atoms with Crippen molar-refractivity contribution in [2.45, 2.75) is 19.8 Å². The summed E-state index contributed by atoms with van der Waals surface area (Å²) in [6.45, 7) is 1.96. The Morgan fingerprint density at radius 3 is 3.00 bits per heavy atom. The normalized spacial score (nSPS) is 16.8. The Morgan fingerprint density at radius 2 is 2.43 bits per heavy atom. The molecule has 1 N–H and O–H groups in total. The van der Waals surface area contributed by atoms with Crippen molar-refractivity contribution >= 4 is 23.0 Å². The molecule has 3 nitrogen and oxygen atoms in total. The molecule has 1 heterocycles. The van der Waals surface area contributed by atoms with Crippen molar-refractivity contribution in [3.05, 3.63) is 22.4 Å². The van der Waals surface area contributed by atoms with E-state index in [1.807, 2.05) is 18.4 Å². The number of nitrogens with zero attached hydrogens (tertiary/aromatic N) is 1. The smallest absolute Gasteiger partial charge is 0.266 e. The van der Waals surface area contributed by atoms with Crippen molar-refractivity contribution in [1.29, 1.82) is 0 Å². The van der Waals surface area contributed by atoms with Crippen molar-refractivity contribution in [3.8, 4) is 0 Å².